The van der Waals surface area contributed by atoms with Crippen molar-refractivity contribution in [3.8, 4) is 0 Å². The lowest BCUT2D eigenvalue weighted by Gasteiger charge is -2.29. The standard InChI is InChI=1S/C22H34O4/c1-4-5-6-7-20-13-12-19(15-25-20)18-10-8-17(9-11-18)14-26-21(24)22(2,3)16-23/h8-11,19-20,23H,4-7,12-16H2,1-3H3. The second-order valence-electron chi connectivity index (χ2n) is 8.09. The summed E-state index contributed by atoms with van der Waals surface area (Å²) in [4.78, 5) is 11.9. The number of ether oxygens (including phenoxy) is 2. The van der Waals surface area contributed by atoms with Crippen LogP contribution >= 0.6 is 0 Å². The van der Waals surface area contributed by atoms with E-state index in [1.807, 2.05) is 12.1 Å². The van der Waals surface area contributed by atoms with E-state index in [2.05, 4.69) is 19.1 Å². The van der Waals surface area contributed by atoms with Crippen molar-refractivity contribution in [2.45, 2.75) is 77.9 Å². The largest absolute Gasteiger partial charge is 0.460 e. The van der Waals surface area contributed by atoms with Gasteiger partial charge in [0.25, 0.3) is 0 Å². The van der Waals surface area contributed by atoms with E-state index in [4.69, 9.17) is 9.47 Å². The zero-order chi connectivity index (χ0) is 19.0. The van der Waals surface area contributed by atoms with E-state index in [1.54, 1.807) is 13.8 Å². The Labute approximate surface area is 157 Å². The molecule has 4 heteroatoms. The normalized spacial score (nSPS) is 20.8. The van der Waals surface area contributed by atoms with Crippen LogP contribution in [-0.2, 0) is 20.9 Å². The Morgan fingerprint density at radius 1 is 1.23 bits per heavy atom. The zero-order valence-corrected chi connectivity index (χ0v) is 16.5. The van der Waals surface area contributed by atoms with Gasteiger partial charge in [0, 0.05) is 5.92 Å². The van der Waals surface area contributed by atoms with Gasteiger partial charge < -0.3 is 14.6 Å². The third kappa shape index (κ3) is 6.10. The SMILES string of the molecule is CCCCCC1CCC(c2ccc(COC(=O)C(C)(C)CO)cc2)CO1. The number of aliphatic hydroxyl groups is 1. The summed E-state index contributed by atoms with van der Waals surface area (Å²) in [5, 5.41) is 9.21. The molecule has 2 atom stereocenters. The molecule has 1 N–H and O–H groups in total. The first kappa shape index (κ1) is 20.9. The van der Waals surface area contributed by atoms with Crippen LogP contribution in [0.1, 0.15) is 76.3 Å². The average Bonchev–Trinajstić information content (AvgIpc) is 2.67. The number of benzene rings is 1. The third-order valence-corrected chi connectivity index (χ3v) is 5.27. The van der Waals surface area contributed by atoms with Gasteiger partial charge in [0.2, 0.25) is 0 Å². The third-order valence-electron chi connectivity index (χ3n) is 5.27. The molecule has 0 radical (unpaired) electrons. The van der Waals surface area contributed by atoms with Gasteiger partial charge in [-0.25, -0.2) is 0 Å². The van der Waals surface area contributed by atoms with Crippen LogP contribution in [0.25, 0.3) is 0 Å². The highest BCUT2D eigenvalue weighted by Crippen LogP contribution is 2.30. The van der Waals surface area contributed by atoms with Crippen molar-refractivity contribution in [2.75, 3.05) is 13.2 Å². The topological polar surface area (TPSA) is 55.8 Å². The van der Waals surface area contributed by atoms with Gasteiger partial charge in [0.15, 0.2) is 0 Å². The summed E-state index contributed by atoms with van der Waals surface area (Å²) in [5.74, 6) is 0.0845. The quantitative estimate of drug-likeness (QED) is 0.515. The molecule has 1 heterocycles. The van der Waals surface area contributed by atoms with Crippen LogP contribution in [0.15, 0.2) is 24.3 Å². The van der Waals surface area contributed by atoms with Gasteiger partial charge in [0.1, 0.15) is 6.61 Å². The number of esters is 1. The van der Waals surface area contributed by atoms with E-state index >= 15 is 0 Å². The lowest BCUT2D eigenvalue weighted by Crippen LogP contribution is -2.30. The van der Waals surface area contributed by atoms with Crippen LogP contribution < -0.4 is 0 Å². The van der Waals surface area contributed by atoms with Crippen LogP contribution in [0.5, 0.6) is 0 Å². The second-order valence-corrected chi connectivity index (χ2v) is 8.09. The molecule has 1 aliphatic rings. The van der Waals surface area contributed by atoms with Crippen LogP contribution in [0.4, 0.5) is 0 Å². The van der Waals surface area contributed by atoms with Crippen molar-refractivity contribution in [2.24, 2.45) is 5.41 Å². The number of hydrogen-bond acceptors (Lipinski definition) is 4. The molecule has 2 unspecified atom stereocenters. The summed E-state index contributed by atoms with van der Waals surface area (Å²) >= 11 is 0. The highest BCUT2D eigenvalue weighted by Gasteiger charge is 2.28. The Morgan fingerprint density at radius 2 is 1.96 bits per heavy atom. The summed E-state index contributed by atoms with van der Waals surface area (Å²) in [5.41, 5.74) is 1.40. The van der Waals surface area contributed by atoms with E-state index in [9.17, 15) is 9.90 Å². The molecule has 26 heavy (non-hydrogen) atoms. The molecule has 0 aliphatic carbocycles. The van der Waals surface area contributed by atoms with Gasteiger partial charge in [-0.05, 0) is 44.2 Å². The van der Waals surface area contributed by atoms with Crippen LogP contribution in [0.2, 0.25) is 0 Å². The number of rotatable bonds is 9. The molecular weight excluding hydrogens is 328 g/mol. The highest BCUT2D eigenvalue weighted by molar-refractivity contribution is 5.76. The maximum atomic E-state index is 11.9. The summed E-state index contributed by atoms with van der Waals surface area (Å²) in [6.07, 6.45) is 7.77. The van der Waals surface area contributed by atoms with Gasteiger partial charge in [-0.1, -0.05) is 50.5 Å². The zero-order valence-electron chi connectivity index (χ0n) is 16.5. The molecule has 1 saturated heterocycles. The minimum absolute atomic E-state index is 0.216. The Hall–Kier alpha value is -1.39. The first-order chi connectivity index (χ1) is 12.5. The average molecular weight is 363 g/mol. The van der Waals surface area contributed by atoms with Gasteiger partial charge in [-0.3, -0.25) is 4.79 Å². The predicted molar refractivity (Wildman–Crippen MR) is 103 cm³/mol. The molecule has 0 bridgehead atoms. The molecule has 146 valence electrons. The summed E-state index contributed by atoms with van der Waals surface area (Å²) in [7, 11) is 0. The Bertz CT molecular complexity index is 542. The van der Waals surface area contributed by atoms with Crippen LogP contribution in [-0.4, -0.2) is 30.4 Å². The van der Waals surface area contributed by atoms with E-state index in [0.717, 1.165) is 18.6 Å². The summed E-state index contributed by atoms with van der Waals surface area (Å²) in [6, 6.07) is 8.27. The monoisotopic (exact) mass is 362 g/mol. The molecule has 0 aromatic heterocycles. The van der Waals surface area contributed by atoms with Gasteiger partial charge in [0.05, 0.1) is 24.7 Å². The minimum Gasteiger partial charge on any atom is -0.460 e. The molecule has 2 rings (SSSR count). The lowest BCUT2D eigenvalue weighted by molar-refractivity contribution is -0.157. The maximum absolute atomic E-state index is 11.9. The molecule has 1 aromatic carbocycles. The molecule has 1 fully saturated rings. The van der Waals surface area contributed by atoms with E-state index < -0.39 is 5.41 Å². The Balaban J connectivity index is 1.78. The van der Waals surface area contributed by atoms with Crippen molar-refractivity contribution < 1.29 is 19.4 Å². The Kier molecular flexibility index (Phi) is 8.11. The van der Waals surface area contributed by atoms with Crippen molar-refractivity contribution >= 4 is 5.97 Å². The summed E-state index contributed by atoms with van der Waals surface area (Å²) in [6.45, 7) is 6.41. The Morgan fingerprint density at radius 3 is 2.54 bits per heavy atom. The molecule has 1 aromatic rings. The minimum atomic E-state index is -0.854. The number of unbranched alkanes of at least 4 members (excludes halogenated alkanes) is 2. The van der Waals surface area contributed by atoms with Gasteiger partial charge in [-0.15, -0.1) is 0 Å². The van der Waals surface area contributed by atoms with E-state index in [1.165, 1.54) is 37.7 Å². The number of carbonyl (C=O) groups is 1. The van der Waals surface area contributed by atoms with Crippen molar-refractivity contribution in [1.29, 1.82) is 0 Å². The summed E-state index contributed by atoms with van der Waals surface area (Å²) < 4.78 is 11.4. The number of aliphatic hydroxyl groups excluding tert-OH is 1. The fourth-order valence-electron chi connectivity index (χ4n) is 3.21. The molecule has 1 aliphatic heterocycles. The number of hydrogen-bond donors (Lipinski definition) is 1. The van der Waals surface area contributed by atoms with Gasteiger partial charge in [-0.2, -0.15) is 0 Å². The van der Waals surface area contributed by atoms with Gasteiger partial charge >= 0.3 is 5.97 Å². The fraction of sp³-hybridized carbons (Fsp3) is 0.682. The van der Waals surface area contributed by atoms with E-state index in [-0.39, 0.29) is 19.2 Å². The van der Waals surface area contributed by atoms with Crippen LogP contribution in [0, 0.1) is 5.41 Å². The fourth-order valence-corrected chi connectivity index (χ4v) is 3.21. The first-order valence-electron chi connectivity index (χ1n) is 9.94. The van der Waals surface area contributed by atoms with Crippen molar-refractivity contribution in [1.82, 2.24) is 0 Å². The smallest absolute Gasteiger partial charge is 0.314 e. The number of carbonyl (C=O) groups excluding carboxylic acids is 1. The molecule has 0 spiro atoms. The first-order valence-corrected chi connectivity index (χ1v) is 9.94. The maximum Gasteiger partial charge on any atom is 0.314 e. The molecule has 0 amide bonds. The molecule has 4 nitrogen and oxygen atoms in total. The second kappa shape index (κ2) is 10.1. The molecule has 0 saturated carbocycles. The van der Waals surface area contributed by atoms with Crippen LogP contribution in [0.3, 0.4) is 0 Å². The predicted octanol–water partition coefficient (Wildman–Crippen LogP) is 4.59. The molecular formula is C22H34O4. The van der Waals surface area contributed by atoms with Crippen molar-refractivity contribution in [3.63, 3.8) is 0 Å². The lowest BCUT2D eigenvalue weighted by atomic mass is 9.89. The van der Waals surface area contributed by atoms with Crippen molar-refractivity contribution in [3.05, 3.63) is 35.4 Å². The van der Waals surface area contributed by atoms with E-state index in [0.29, 0.717) is 12.0 Å². The highest BCUT2D eigenvalue weighted by atomic mass is 16.5.